The molecule has 1 aromatic carbocycles. The fourth-order valence-electron chi connectivity index (χ4n) is 1.65. The molecule has 0 radical (unpaired) electrons. The van der Waals surface area contributed by atoms with E-state index in [0.29, 0.717) is 5.13 Å². The van der Waals surface area contributed by atoms with Crippen LogP contribution in [0.1, 0.15) is 10.5 Å². The lowest BCUT2D eigenvalue weighted by Crippen LogP contribution is -2.13. The predicted octanol–water partition coefficient (Wildman–Crippen LogP) is 2.85. The van der Waals surface area contributed by atoms with Gasteiger partial charge in [0, 0.05) is 23.3 Å². The van der Waals surface area contributed by atoms with Crippen LogP contribution in [0, 0.1) is 0 Å². The molecule has 20 heavy (non-hydrogen) atoms. The molecule has 98 valence electrons. The molecule has 3 aromatic rings. The van der Waals surface area contributed by atoms with Gasteiger partial charge in [0.1, 0.15) is 5.69 Å². The van der Waals surface area contributed by atoms with Crippen LogP contribution in [0.15, 0.2) is 54.3 Å². The summed E-state index contributed by atoms with van der Waals surface area (Å²) in [5, 5.41) is 5.16. The highest BCUT2D eigenvalue weighted by atomic mass is 32.1. The molecule has 5 nitrogen and oxygen atoms in total. The fraction of sp³-hybridized carbons (Fsp3) is 0. The SMILES string of the molecule is O=C(Nc1nc(-c2ccccc2)cs1)c1cnccn1. The van der Waals surface area contributed by atoms with Crippen molar-refractivity contribution in [1.29, 1.82) is 0 Å². The zero-order chi connectivity index (χ0) is 13.8. The minimum atomic E-state index is -0.313. The van der Waals surface area contributed by atoms with Crippen LogP contribution < -0.4 is 5.32 Å². The molecule has 0 aliphatic rings. The average molecular weight is 282 g/mol. The highest BCUT2D eigenvalue weighted by molar-refractivity contribution is 7.14. The van der Waals surface area contributed by atoms with Crippen molar-refractivity contribution in [3.8, 4) is 11.3 Å². The maximum absolute atomic E-state index is 11.9. The van der Waals surface area contributed by atoms with Gasteiger partial charge >= 0.3 is 0 Å². The molecule has 0 bridgehead atoms. The fourth-order valence-corrected chi connectivity index (χ4v) is 2.36. The Kier molecular flexibility index (Phi) is 3.47. The molecule has 6 heteroatoms. The van der Waals surface area contributed by atoms with Gasteiger partial charge in [-0.3, -0.25) is 15.1 Å². The summed E-state index contributed by atoms with van der Waals surface area (Å²) in [6.45, 7) is 0. The minimum absolute atomic E-state index is 0.268. The number of carbonyl (C=O) groups excluding carboxylic acids is 1. The third-order valence-corrected chi connectivity index (χ3v) is 3.35. The van der Waals surface area contributed by atoms with Crippen LogP contribution in [0.3, 0.4) is 0 Å². The van der Waals surface area contributed by atoms with Gasteiger partial charge in [0.15, 0.2) is 5.13 Å². The van der Waals surface area contributed by atoms with E-state index in [9.17, 15) is 4.79 Å². The molecule has 0 saturated heterocycles. The lowest BCUT2D eigenvalue weighted by Gasteiger charge is -1.99. The number of amides is 1. The zero-order valence-electron chi connectivity index (χ0n) is 10.4. The predicted molar refractivity (Wildman–Crippen MR) is 77.5 cm³/mol. The molecule has 0 unspecified atom stereocenters. The number of carbonyl (C=O) groups is 1. The molecular weight excluding hydrogens is 272 g/mol. The Hall–Kier alpha value is -2.60. The average Bonchev–Trinajstić information content (AvgIpc) is 2.97. The summed E-state index contributed by atoms with van der Waals surface area (Å²) in [4.78, 5) is 24.1. The van der Waals surface area contributed by atoms with Crippen LogP contribution in [0.5, 0.6) is 0 Å². The molecule has 3 rings (SSSR count). The van der Waals surface area contributed by atoms with Crippen LogP contribution in [0.4, 0.5) is 5.13 Å². The molecule has 1 amide bonds. The molecular formula is C14H10N4OS. The summed E-state index contributed by atoms with van der Waals surface area (Å²) in [6, 6.07) is 9.80. The third-order valence-electron chi connectivity index (χ3n) is 2.59. The number of hydrogen-bond acceptors (Lipinski definition) is 5. The summed E-state index contributed by atoms with van der Waals surface area (Å²) < 4.78 is 0. The second kappa shape index (κ2) is 5.58. The molecule has 0 saturated carbocycles. The van der Waals surface area contributed by atoms with Crippen molar-refractivity contribution < 1.29 is 4.79 Å². The smallest absolute Gasteiger partial charge is 0.277 e. The van der Waals surface area contributed by atoms with E-state index >= 15 is 0 Å². The van der Waals surface area contributed by atoms with E-state index in [4.69, 9.17) is 0 Å². The molecule has 0 fully saturated rings. The molecule has 0 atom stereocenters. The van der Waals surface area contributed by atoms with Gasteiger partial charge in [-0.15, -0.1) is 11.3 Å². The first-order valence-electron chi connectivity index (χ1n) is 5.91. The monoisotopic (exact) mass is 282 g/mol. The number of aromatic nitrogens is 3. The van der Waals surface area contributed by atoms with Gasteiger partial charge in [-0.1, -0.05) is 30.3 Å². The number of anilines is 1. The highest BCUT2D eigenvalue weighted by Gasteiger charge is 2.10. The van der Waals surface area contributed by atoms with E-state index in [1.54, 1.807) is 0 Å². The Morgan fingerprint density at radius 1 is 1.15 bits per heavy atom. The quantitative estimate of drug-likeness (QED) is 0.802. The first kappa shape index (κ1) is 12.4. The Morgan fingerprint density at radius 3 is 2.75 bits per heavy atom. The number of thiazole rings is 1. The van der Waals surface area contributed by atoms with Gasteiger partial charge in [0.25, 0.3) is 5.91 Å². The van der Waals surface area contributed by atoms with E-state index in [1.807, 2.05) is 35.7 Å². The van der Waals surface area contributed by atoms with E-state index in [0.717, 1.165) is 11.3 Å². The second-order valence-electron chi connectivity index (χ2n) is 3.95. The number of benzene rings is 1. The zero-order valence-corrected chi connectivity index (χ0v) is 11.2. The standard InChI is InChI=1S/C14H10N4OS/c19-13(11-8-15-6-7-16-11)18-14-17-12(9-20-14)10-4-2-1-3-5-10/h1-9H,(H,17,18,19). The Labute approximate surface area is 119 Å². The van der Waals surface area contributed by atoms with Crippen LogP contribution >= 0.6 is 11.3 Å². The van der Waals surface area contributed by atoms with Crippen molar-refractivity contribution in [2.24, 2.45) is 0 Å². The summed E-state index contributed by atoms with van der Waals surface area (Å²) in [5.41, 5.74) is 2.12. The van der Waals surface area contributed by atoms with Gasteiger partial charge < -0.3 is 0 Å². The number of rotatable bonds is 3. The molecule has 2 aromatic heterocycles. The maximum atomic E-state index is 11.9. The molecule has 1 N–H and O–H groups in total. The Bertz CT molecular complexity index is 712. The van der Waals surface area contributed by atoms with Crippen LogP contribution in [0.2, 0.25) is 0 Å². The summed E-state index contributed by atoms with van der Waals surface area (Å²) in [7, 11) is 0. The Morgan fingerprint density at radius 2 is 2.00 bits per heavy atom. The first-order chi connectivity index (χ1) is 9.83. The lowest BCUT2D eigenvalue weighted by atomic mass is 10.2. The maximum Gasteiger partial charge on any atom is 0.277 e. The summed E-state index contributed by atoms with van der Waals surface area (Å²) >= 11 is 1.38. The number of nitrogens with zero attached hydrogens (tertiary/aromatic N) is 3. The van der Waals surface area contributed by atoms with E-state index in [2.05, 4.69) is 20.3 Å². The van der Waals surface area contributed by atoms with Crippen molar-refractivity contribution in [3.05, 3.63) is 60.0 Å². The molecule has 0 aliphatic heterocycles. The van der Waals surface area contributed by atoms with Gasteiger partial charge in [0.05, 0.1) is 11.9 Å². The van der Waals surface area contributed by atoms with Gasteiger partial charge in [0.2, 0.25) is 0 Å². The van der Waals surface area contributed by atoms with Gasteiger partial charge in [-0.25, -0.2) is 9.97 Å². The van der Waals surface area contributed by atoms with E-state index in [1.165, 1.54) is 29.9 Å². The van der Waals surface area contributed by atoms with E-state index < -0.39 is 0 Å². The van der Waals surface area contributed by atoms with Crippen molar-refractivity contribution in [1.82, 2.24) is 15.0 Å². The van der Waals surface area contributed by atoms with Crippen LogP contribution in [-0.4, -0.2) is 20.9 Å². The van der Waals surface area contributed by atoms with Crippen molar-refractivity contribution in [2.75, 3.05) is 5.32 Å². The highest BCUT2D eigenvalue weighted by Crippen LogP contribution is 2.24. The molecule has 0 spiro atoms. The van der Waals surface area contributed by atoms with Crippen LogP contribution in [-0.2, 0) is 0 Å². The summed E-state index contributed by atoms with van der Waals surface area (Å²) in [6.07, 6.45) is 4.42. The van der Waals surface area contributed by atoms with Crippen molar-refractivity contribution >= 4 is 22.4 Å². The topological polar surface area (TPSA) is 67.8 Å². The Balaban J connectivity index is 1.77. The third kappa shape index (κ3) is 2.70. The number of hydrogen-bond donors (Lipinski definition) is 1. The largest absolute Gasteiger partial charge is 0.296 e. The number of nitrogens with one attached hydrogen (secondary N) is 1. The van der Waals surface area contributed by atoms with Gasteiger partial charge in [-0.05, 0) is 0 Å². The lowest BCUT2D eigenvalue weighted by molar-refractivity contribution is 0.102. The van der Waals surface area contributed by atoms with Crippen molar-refractivity contribution in [2.45, 2.75) is 0 Å². The van der Waals surface area contributed by atoms with Crippen molar-refractivity contribution in [3.63, 3.8) is 0 Å². The first-order valence-corrected chi connectivity index (χ1v) is 6.79. The van der Waals surface area contributed by atoms with Crippen LogP contribution in [0.25, 0.3) is 11.3 Å². The summed E-state index contributed by atoms with van der Waals surface area (Å²) in [5.74, 6) is -0.313. The normalized spacial score (nSPS) is 10.2. The molecule has 0 aliphatic carbocycles. The minimum Gasteiger partial charge on any atom is -0.296 e. The second-order valence-corrected chi connectivity index (χ2v) is 4.81. The van der Waals surface area contributed by atoms with Gasteiger partial charge in [-0.2, -0.15) is 0 Å². The molecule has 2 heterocycles. The van der Waals surface area contributed by atoms with E-state index in [-0.39, 0.29) is 11.6 Å².